The molecule has 2 aliphatic heterocycles. The van der Waals surface area contributed by atoms with Crippen molar-refractivity contribution in [3.05, 3.63) is 57.5 Å². The maximum atomic E-state index is 14.1. The molecule has 11 nitrogen and oxygen atoms in total. The molecule has 0 spiro atoms. The average Bonchev–Trinajstić information content (AvgIpc) is 3.34. The molecule has 2 saturated heterocycles. The van der Waals surface area contributed by atoms with Gasteiger partial charge in [0.2, 0.25) is 21.8 Å². The van der Waals surface area contributed by atoms with E-state index in [0.29, 0.717) is 30.9 Å². The van der Waals surface area contributed by atoms with Gasteiger partial charge in [0.15, 0.2) is 0 Å². The molecule has 2 aromatic rings. The third-order valence-corrected chi connectivity index (χ3v) is 8.43. The van der Waals surface area contributed by atoms with Crippen LogP contribution in [-0.2, 0) is 36.6 Å². The first-order chi connectivity index (χ1) is 19.5. The molecular formula is C27H29ClFN5O6S. The fraction of sp³-hybridized carbons (Fsp3) is 0.444. The number of nitrogens with zero attached hydrogens (tertiary/aromatic N) is 4. The second-order valence-corrected chi connectivity index (χ2v) is 12.0. The Morgan fingerprint density at radius 1 is 1.24 bits per heavy atom. The molecule has 218 valence electrons. The maximum absolute atomic E-state index is 14.1. The summed E-state index contributed by atoms with van der Waals surface area (Å²) in [7, 11) is -4.16. The van der Waals surface area contributed by atoms with Crippen LogP contribution in [0.5, 0.6) is 0 Å². The molecule has 4 rings (SSSR count). The van der Waals surface area contributed by atoms with Gasteiger partial charge in [0, 0.05) is 42.6 Å². The Morgan fingerprint density at radius 3 is 2.59 bits per heavy atom. The number of hydrogen-bond donors (Lipinski definition) is 1. The number of amides is 2. The monoisotopic (exact) mass is 605 g/mol. The van der Waals surface area contributed by atoms with Gasteiger partial charge < -0.3 is 14.5 Å². The van der Waals surface area contributed by atoms with Crippen molar-refractivity contribution in [3.8, 4) is 6.07 Å². The fourth-order valence-electron chi connectivity index (χ4n) is 4.89. The number of halogens is 2. The lowest BCUT2D eigenvalue weighted by atomic mass is 9.96. The van der Waals surface area contributed by atoms with Crippen LogP contribution in [0.25, 0.3) is 0 Å². The van der Waals surface area contributed by atoms with Crippen LogP contribution in [0.2, 0.25) is 5.02 Å². The minimum Gasteiger partial charge on any atom is -0.462 e. The lowest BCUT2D eigenvalue weighted by Crippen LogP contribution is -2.43. The summed E-state index contributed by atoms with van der Waals surface area (Å²) in [6.07, 6.45) is 1.65. The van der Waals surface area contributed by atoms with Gasteiger partial charge in [-0.25, -0.2) is 22.6 Å². The molecule has 3 heterocycles. The van der Waals surface area contributed by atoms with Crippen LogP contribution < -0.4 is 9.62 Å². The highest BCUT2D eigenvalue weighted by atomic mass is 35.5. The zero-order chi connectivity index (χ0) is 29.7. The smallest absolute Gasteiger partial charge is 0.340 e. The topological polar surface area (TPSA) is 150 Å². The van der Waals surface area contributed by atoms with E-state index < -0.39 is 39.4 Å². The van der Waals surface area contributed by atoms with Gasteiger partial charge >= 0.3 is 5.97 Å². The van der Waals surface area contributed by atoms with Gasteiger partial charge in [-0.15, -0.1) is 0 Å². The maximum Gasteiger partial charge on any atom is 0.340 e. The molecule has 0 unspecified atom stereocenters. The number of nitriles is 1. The minimum absolute atomic E-state index is 0.0481. The standard InChI is InChI=1S/C27H29ClFN5O6S/c1-2-40-27(37)21-12-19(14-30)25(31-23(21)15-34-9-3-4-24(34)35)33-10-7-17(8-11-33)26(36)32-41(38,39)16-18-5-6-20(28)13-22(18)29/h5-6,12-13,17H,2-4,7-11,15-16H2,1H3,(H,32,36). The summed E-state index contributed by atoms with van der Waals surface area (Å²) in [6, 6.07) is 7.10. The molecule has 2 aliphatic rings. The highest BCUT2D eigenvalue weighted by molar-refractivity contribution is 7.89. The van der Waals surface area contributed by atoms with Gasteiger partial charge in [-0.3, -0.25) is 14.3 Å². The quantitative estimate of drug-likeness (QED) is 0.426. The number of benzene rings is 1. The number of anilines is 1. The number of piperidine rings is 1. The van der Waals surface area contributed by atoms with Crippen LogP contribution in [0.15, 0.2) is 24.3 Å². The van der Waals surface area contributed by atoms with E-state index in [2.05, 4.69) is 11.1 Å². The summed E-state index contributed by atoms with van der Waals surface area (Å²) >= 11 is 5.71. The third-order valence-electron chi connectivity index (χ3n) is 6.99. The lowest BCUT2D eigenvalue weighted by Gasteiger charge is -2.33. The second-order valence-electron chi connectivity index (χ2n) is 9.83. The highest BCUT2D eigenvalue weighted by Crippen LogP contribution is 2.28. The number of nitrogens with one attached hydrogen (secondary N) is 1. The summed E-state index contributed by atoms with van der Waals surface area (Å²) in [6.45, 7) is 2.99. The lowest BCUT2D eigenvalue weighted by molar-refractivity contribution is -0.128. The molecule has 41 heavy (non-hydrogen) atoms. The number of carbonyl (C=O) groups excluding carboxylic acids is 3. The van der Waals surface area contributed by atoms with Gasteiger partial charge in [0.05, 0.1) is 35.7 Å². The number of pyridine rings is 1. The molecule has 2 amide bonds. The number of rotatable bonds is 9. The van der Waals surface area contributed by atoms with Crippen molar-refractivity contribution >= 4 is 45.2 Å². The summed E-state index contributed by atoms with van der Waals surface area (Å²) in [5.74, 6) is -3.21. The first-order valence-corrected chi connectivity index (χ1v) is 15.2. The molecule has 2 fully saturated rings. The number of carbonyl (C=O) groups is 3. The predicted molar refractivity (Wildman–Crippen MR) is 147 cm³/mol. The largest absolute Gasteiger partial charge is 0.462 e. The first-order valence-electron chi connectivity index (χ1n) is 13.1. The third kappa shape index (κ3) is 7.31. The molecule has 1 aromatic heterocycles. The zero-order valence-electron chi connectivity index (χ0n) is 22.4. The van der Waals surface area contributed by atoms with Crippen molar-refractivity contribution < 1.29 is 31.9 Å². The number of likely N-dealkylation sites (tertiary alicyclic amines) is 1. The van der Waals surface area contributed by atoms with E-state index in [1.54, 1.807) is 16.7 Å². The summed E-state index contributed by atoms with van der Waals surface area (Å²) in [5.41, 5.74) is 0.453. The fourth-order valence-corrected chi connectivity index (χ4v) is 6.24. The molecule has 1 N–H and O–H groups in total. The van der Waals surface area contributed by atoms with E-state index in [1.165, 1.54) is 18.2 Å². The Hall–Kier alpha value is -3.76. The van der Waals surface area contributed by atoms with Gasteiger partial charge in [0.1, 0.15) is 17.7 Å². The van der Waals surface area contributed by atoms with Crippen molar-refractivity contribution in [1.82, 2.24) is 14.6 Å². The molecule has 0 radical (unpaired) electrons. The molecule has 1 aromatic carbocycles. The number of ether oxygens (including phenoxy) is 1. The molecule has 0 atom stereocenters. The average molecular weight is 606 g/mol. The van der Waals surface area contributed by atoms with Gasteiger partial charge in [-0.2, -0.15) is 5.26 Å². The molecular weight excluding hydrogens is 577 g/mol. The van der Waals surface area contributed by atoms with Crippen molar-refractivity contribution in [2.24, 2.45) is 5.92 Å². The summed E-state index contributed by atoms with van der Waals surface area (Å²) in [4.78, 5) is 45.7. The SMILES string of the molecule is CCOC(=O)c1cc(C#N)c(N2CCC(C(=O)NS(=O)(=O)Cc3ccc(Cl)cc3F)CC2)nc1CN1CCCC1=O. The van der Waals surface area contributed by atoms with E-state index in [1.807, 2.05) is 4.72 Å². The Labute approximate surface area is 242 Å². The van der Waals surface area contributed by atoms with E-state index in [-0.39, 0.29) is 66.7 Å². The van der Waals surface area contributed by atoms with Gasteiger partial charge in [-0.1, -0.05) is 17.7 Å². The van der Waals surface area contributed by atoms with E-state index in [4.69, 9.17) is 16.3 Å². The molecule has 0 saturated carbocycles. The number of hydrogen-bond acceptors (Lipinski definition) is 9. The predicted octanol–water partition coefficient (Wildman–Crippen LogP) is 2.91. The van der Waals surface area contributed by atoms with E-state index in [9.17, 15) is 32.5 Å². The normalized spacial score (nSPS) is 16.0. The van der Waals surface area contributed by atoms with Crippen LogP contribution in [0.1, 0.15) is 59.8 Å². The second kappa shape index (κ2) is 12.8. The minimum atomic E-state index is -4.16. The summed E-state index contributed by atoms with van der Waals surface area (Å²) < 4.78 is 46.3. The zero-order valence-corrected chi connectivity index (χ0v) is 23.9. The van der Waals surface area contributed by atoms with Crippen molar-refractivity contribution in [3.63, 3.8) is 0 Å². The Bertz CT molecular complexity index is 1500. The number of sulfonamides is 1. The molecule has 0 aliphatic carbocycles. The Kier molecular flexibility index (Phi) is 9.45. The van der Waals surface area contributed by atoms with Crippen molar-refractivity contribution in [2.45, 2.75) is 44.9 Å². The van der Waals surface area contributed by atoms with E-state index in [0.717, 1.165) is 6.07 Å². The van der Waals surface area contributed by atoms with Gasteiger partial charge in [-0.05, 0) is 44.4 Å². The van der Waals surface area contributed by atoms with E-state index >= 15 is 0 Å². The van der Waals surface area contributed by atoms with Crippen LogP contribution in [-0.4, -0.2) is 62.3 Å². The number of esters is 1. The van der Waals surface area contributed by atoms with Gasteiger partial charge in [0.25, 0.3) is 0 Å². The van der Waals surface area contributed by atoms with Crippen molar-refractivity contribution in [1.29, 1.82) is 5.26 Å². The summed E-state index contributed by atoms with van der Waals surface area (Å²) in [5, 5.41) is 9.95. The first kappa shape index (κ1) is 30.2. The van der Waals surface area contributed by atoms with Crippen LogP contribution in [0, 0.1) is 23.1 Å². The van der Waals surface area contributed by atoms with Crippen LogP contribution >= 0.6 is 11.6 Å². The number of aromatic nitrogens is 1. The van der Waals surface area contributed by atoms with Crippen LogP contribution in [0.3, 0.4) is 0 Å². The van der Waals surface area contributed by atoms with Crippen molar-refractivity contribution in [2.75, 3.05) is 31.1 Å². The molecule has 14 heteroatoms. The van der Waals surface area contributed by atoms with Crippen LogP contribution in [0.4, 0.5) is 10.2 Å². The molecule has 0 bridgehead atoms. The highest BCUT2D eigenvalue weighted by Gasteiger charge is 2.31. The Morgan fingerprint density at radius 2 is 1.98 bits per heavy atom. The Balaban J connectivity index is 1.47.